The molecular weight excluding hydrogens is 771 g/mol. The first-order valence-corrected chi connectivity index (χ1v) is 20.3. The molecular formula is C44H30F6O4S2. The molecule has 12 heteroatoms. The zero-order valence-electron chi connectivity index (χ0n) is 29.6. The molecule has 2 spiro atoms. The van der Waals surface area contributed by atoms with Gasteiger partial charge in [-0.2, -0.15) is 26.3 Å². The van der Waals surface area contributed by atoms with Crippen LogP contribution in [0.3, 0.4) is 0 Å². The molecule has 0 unspecified atom stereocenters. The van der Waals surface area contributed by atoms with Crippen molar-refractivity contribution in [3.05, 3.63) is 113 Å². The van der Waals surface area contributed by atoms with E-state index in [1.165, 1.54) is 33.8 Å². The van der Waals surface area contributed by atoms with Gasteiger partial charge >= 0.3 is 12.4 Å². The Bertz CT molecular complexity index is 2420. The highest BCUT2D eigenvalue weighted by Gasteiger charge is 2.58. The monoisotopic (exact) mass is 800 g/mol. The third-order valence-electron chi connectivity index (χ3n) is 12.8. The van der Waals surface area contributed by atoms with Crippen LogP contribution in [0.15, 0.2) is 48.5 Å². The summed E-state index contributed by atoms with van der Waals surface area (Å²) in [6.07, 6.45) is 3.35. The molecule has 0 amide bonds. The molecule has 2 aromatic heterocycles. The van der Waals surface area contributed by atoms with Gasteiger partial charge in [0, 0.05) is 52.6 Å². The second kappa shape index (κ2) is 11.9. The van der Waals surface area contributed by atoms with E-state index in [0.29, 0.717) is 9.75 Å². The van der Waals surface area contributed by atoms with Crippen LogP contribution in [0.25, 0.3) is 34.4 Å². The Kier molecular flexibility index (Phi) is 7.60. The number of hydrogen-bond acceptors (Lipinski definition) is 6. The zero-order valence-corrected chi connectivity index (χ0v) is 31.2. The molecule has 6 aliphatic rings. The number of rotatable bonds is 2. The molecule has 0 saturated heterocycles. The second-order valence-corrected chi connectivity index (χ2v) is 17.9. The predicted octanol–water partition coefficient (Wildman–Crippen LogP) is 11.8. The highest BCUT2D eigenvalue weighted by Crippen LogP contribution is 2.71. The Morgan fingerprint density at radius 2 is 0.857 bits per heavy atom. The van der Waals surface area contributed by atoms with E-state index in [0.717, 1.165) is 121 Å². The van der Waals surface area contributed by atoms with E-state index >= 15 is 0 Å². The fourth-order valence-corrected chi connectivity index (χ4v) is 13.1. The summed E-state index contributed by atoms with van der Waals surface area (Å²) in [5.41, 5.74) is 2.01. The second-order valence-electron chi connectivity index (χ2n) is 15.8. The van der Waals surface area contributed by atoms with Gasteiger partial charge in [0.25, 0.3) is 0 Å². The Balaban J connectivity index is 1.13. The number of Topliss-reactive ketones (excluding diaryl/α,β-unsaturated/α-hetero) is 4. The van der Waals surface area contributed by atoms with Crippen molar-refractivity contribution in [1.29, 1.82) is 0 Å². The van der Waals surface area contributed by atoms with Crippen molar-refractivity contribution >= 4 is 80.3 Å². The van der Waals surface area contributed by atoms with Gasteiger partial charge in [-0.05, 0) is 120 Å². The Labute approximate surface area is 324 Å². The number of benzene rings is 2. The lowest BCUT2D eigenvalue weighted by Crippen LogP contribution is -2.28. The van der Waals surface area contributed by atoms with Crippen molar-refractivity contribution in [2.45, 2.75) is 87.4 Å². The van der Waals surface area contributed by atoms with E-state index in [1.807, 2.05) is 0 Å². The fraction of sp³-hybridized carbons (Fsp3) is 0.318. The predicted molar refractivity (Wildman–Crippen MR) is 202 cm³/mol. The first kappa shape index (κ1) is 35.7. The van der Waals surface area contributed by atoms with Crippen molar-refractivity contribution in [2.24, 2.45) is 0 Å². The standard InChI is InChI=1S/C44H30F6O4S2/c45-43(46,47)21-7-9-25-27(15-21)29(37(53)35(25)51)17-23-19-31-39(55-23)34-33(41(31)11-3-1-4-12-41)40-32(42(34)13-5-2-6-14-42)20-24(56-40)18-30-28-16-22(44(48,49)50)8-10-26(28)36(52)38(30)54/h7-10,15-20H,1-6,11-14H2/b29-17-,30-18-. The molecule has 6 aliphatic carbocycles. The number of carbonyl (C=O) groups is 4. The fourth-order valence-electron chi connectivity index (χ4n) is 10.4. The minimum atomic E-state index is -4.65. The zero-order chi connectivity index (χ0) is 39.1. The first-order chi connectivity index (χ1) is 26.6. The van der Waals surface area contributed by atoms with Gasteiger partial charge in [0.15, 0.2) is 0 Å². The Morgan fingerprint density at radius 1 is 0.482 bits per heavy atom. The van der Waals surface area contributed by atoms with Crippen molar-refractivity contribution in [2.75, 3.05) is 0 Å². The molecule has 4 aromatic rings. The van der Waals surface area contributed by atoms with Gasteiger partial charge in [-0.15, -0.1) is 22.7 Å². The van der Waals surface area contributed by atoms with Crippen LogP contribution in [0.1, 0.15) is 138 Å². The number of ketones is 4. The minimum absolute atomic E-state index is 0.0104. The molecule has 10 rings (SSSR count). The molecule has 56 heavy (non-hydrogen) atoms. The number of fused-ring (bicyclic) bond motifs is 10. The lowest BCUT2D eigenvalue weighted by molar-refractivity contribution is -0.138. The molecule has 0 N–H and O–H groups in total. The van der Waals surface area contributed by atoms with E-state index in [-0.39, 0.29) is 44.2 Å². The van der Waals surface area contributed by atoms with Crippen LogP contribution in [0.5, 0.6) is 0 Å². The van der Waals surface area contributed by atoms with Gasteiger partial charge in [0.2, 0.25) is 23.1 Å². The molecule has 0 atom stereocenters. The summed E-state index contributed by atoms with van der Waals surface area (Å²) in [4.78, 5) is 55.9. The van der Waals surface area contributed by atoms with E-state index in [4.69, 9.17) is 0 Å². The number of hydrogen-bond donors (Lipinski definition) is 0. The summed E-state index contributed by atoms with van der Waals surface area (Å²) in [5, 5.41) is 0. The molecule has 2 aromatic carbocycles. The van der Waals surface area contributed by atoms with Crippen LogP contribution in [-0.2, 0) is 32.8 Å². The number of alkyl halides is 6. The third-order valence-corrected chi connectivity index (χ3v) is 15.0. The molecule has 2 saturated carbocycles. The van der Waals surface area contributed by atoms with Crippen LogP contribution in [0.4, 0.5) is 26.3 Å². The molecule has 0 radical (unpaired) electrons. The normalized spacial score (nSPS) is 22.2. The molecule has 0 bridgehead atoms. The summed E-state index contributed by atoms with van der Waals surface area (Å²) in [7, 11) is 0. The lowest BCUT2D eigenvalue weighted by Gasteiger charge is -2.37. The summed E-state index contributed by atoms with van der Waals surface area (Å²) in [6.45, 7) is 0. The van der Waals surface area contributed by atoms with Crippen molar-refractivity contribution in [1.82, 2.24) is 0 Å². The van der Waals surface area contributed by atoms with Gasteiger partial charge in [-0.25, -0.2) is 0 Å². The van der Waals surface area contributed by atoms with Crippen molar-refractivity contribution < 1.29 is 45.5 Å². The maximum absolute atomic E-state index is 13.7. The largest absolute Gasteiger partial charge is 0.416 e. The van der Waals surface area contributed by atoms with E-state index < -0.39 is 46.6 Å². The molecule has 2 heterocycles. The Morgan fingerprint density at radius 3 is 1.21 bits per heavy atom. The highest BCUT2D eigenvalue weighted by molar-refractivity contribution is 7.16. The lowest BCUT2D eigenvalue weighted by atomic mass is 9.67. The summed E-state index contributed by atoms with van der Waals surface area (Å²) >= 11 is 3.01. The van der Waals surface area contributed by atoms with Gasteiger partial charge in [-0.3, -0.25) is 19.2 Å². The molecule has 0 aliphatic heterocycles. The maximum Gasteiger partial charge on any atom is 0.416 e. The quantitative estimate of drug-likeness (QED) is 0.115. The topological polar surface area (TPSA) is 68.3 Å². The Hall–Kier alpha value is -4.68. The molecule has 4 nitrogen and oxygen atoms in total. The summed E-state index contributed by atoms with van der Waals surface area (Å²) in [5.74, 6) is -3.29. The SMILES string of the molecule is O=C1C(=O)c2ccc(C(F)(F)F)cc2/C1=C/c1cc2c(s1)C1=C(c3sc(/C=C4\C(=O)C(=O)c5ccc(C(F)(F)F)cc54)cc3C13CCCCC3)C21CCCCC1. The van der Waals surface area contributed by atoms with Crippen LogP contribution in [-0.4, -0.2) is 23.1 Å². The first-order valence-electron chi connectivity index (χ1n) is 18.7. The van der Waals surface area contributed by atoms with E-state index in [2.05, 4.69) is 12.1 Å². The summed E-state index contributed by atoms with van der Waals surface area (Å²) in [6, 6.07) is 9.70. The number of carbonyl (C=O) groups excluding carboxylic acids is 4. The van der Waals surface area contributed by atoms with E-state index in [9.17, 15) is 45.5 Å². The average molecular weight is 801 g/mol. The number of thiophene rings is 2. The van der Waals surface area contributed by atoms with Gasteiger partial charge in [0.1, 0.15) is 0 Å². The maximum atomic E-state index is 13.7. The average Bonchev–Trinajstić information content (AvgIpc) is 3.98. The minimum Gasteiger partial charge on any atom is -0.285 e. The van der Waals surface area contributed by atoms with Crippen LogP contribution in [0, 0.1) is 0 Å². The highest BCUT2D eigenvalue weighted by atomic mass is 32.1. The van der Waals surface area contributed by atoms with Crippen LogP contribution >= 0.6 is 22.7 Å². The summed E-state index contributed by atoms with van der Waals surface area (Å²) < 4.78 is 82.3. The van der Waals surface area contributed by atoms with Gasteiger partial charge < -0.3 is 0 Å². The van der Waals surface area contributed by atoms with Gasteiger partial charge in [-0.1, -0.05) is 38.5 Å². The van der Waals surface area contributed by atoms with E-state index in [1.54, 1.807) is 12.2 Å². The molecule has 284 valence electrons. The smallest absolute Gasteiger partial charge is 0.285 e. The van der Waals surface area contributed by atoms with Crippen LogP contribution < -0.4 is 0 Å². The number of allylic oxidation sites excluding steroid dienone is 4. The number of halogens is 6. The third kappa shape index (κ3) is 4.90. The van der Waals surface area contributed by atoms with Crippen molar-refractivity contribution in [3.8, 4) is 0 Å². The van der Waals surface area contributed by atoms with Crippen LogP contribution in [0.2, 0.25) is 0 Å². The van der Waals surface area contributed by atoms with Gasteiger partial charge in [0.05, 0.1) is 11.1 Å². The molecule has 2 fully saturated rings. The van der Waals surface area contributed by atoms with Crippen molar-refractivity contribution in [3.63, 3.8) is 0 Å².